The fourth-order valence-corrected chi connectivity index (χ4v) is 5.22. The fourth-order valence-electron chi connectivity index (χ4n) is 4.10. The summed E-state index contributed by atoms with van der Waals surface area (Å²) in [4.78, 5) is 11.5. The first kappa shape index (κ1) is 22.2. The van der Waals surface area contributed by atoms with Crippen molar-refractivity contribution in [2.75, 3.05) is 14.2 Å². The van der Waals surface area contributed by atoms with Gasteiger partial charge in [-0.1, -0.05) is 12.1 Å². The van der Waals surface area contributed by atoms with Crippen LogP contribution in [0.1, 0.15) is 30.7 Å². The first-order valence-electron chi connectivity index (χ1n) is 9.89. The Morgan fingerprint density at radius 1 is 1.12 bits per heavy atom. The Hall–Kier alpha value is -3.02. The van der Waals surface area contributed by atoms with Gasteiger partial charge in [-0.05, 0) is 37.5 Å². The minimum absolute atomic E-state index is 0.0453. The molecule has 3 atom stereocenters. The maximum atomic E-state index is 12.9. The number of rotatable bonds is 8. The van der Waals surface area contributed by atoms with Crippen LogP contribution in [0.25, 0.3) is 0 Å². The lowest BCUT2D eigenvalue weighted by Gasteiger charge is -2.26. The molecule has 2 aromatic carbocycles. The zero-order valence-electron chi connectivity index (χ0n) is 17.4. The Labute approximate surface area is 184 Å². The Morgan fingerprint density at radius 3 is 2.56 bits per heavy atom. The predicted molar refractivity (Wildman–Crippen MR) is 111 cm³/mol. The highest BCUT2D eigenvalue weighted by atomic mass is 32.2. The minimum Gasteiger partial charge on any atom is -0.493 e. The Morgan fingerprint density at radius 2 is 1.88 bits per heavy atom. The van der Waals surface area contributed by atoms with E-state index in [9.17, 15) is 23.4 Å². The molecule has 0 saturated heterocycles. The van der Waals surface area contributed by atoms with Crippen LogP contribution in [0, 0.1) is 0 Å². The van der Waals surface area contributed by atoms with Crippen molar-refractivity contribution in [3.05, 3.63) is 42.0 Å². The molecule has 2 aromatic rings. The van der Waals surface area contributed by atoms with Gasteiger partial charge in [0.2, 0.25) is 10.0 Å². The third-order valence-electron chi connectivity index (χ3n) is 5.62. The van der Waals surface area contributed by atoms with Crippen LogP contribution in [-0.4, -0.2) is 50.8 Å². The monoisotopic (exact) mass is 465 g/mol. The van der Waals surface area contributed by atoms with Gasteiger partial charge in [-0.25, -0.2) is 13.2 Å². The largest absolute Gasteiger partial charge is 0.493 e. The van der Waals surface area contributed by atoms with E-state index in [2.05, 4.69) is 0 Å². The summed E-state index contributed by atoms with van der Waals surface area (Å²) >= 11 is 0. The molecule has 0 spiro atoms. The zero-order valence-corrected chi connectivity index (χ0v) is 18.2. The lowest BCUT2D eigenvalue weighted by atomic mass is 9.97. The van der Waals surface area contributed by atoms with Crippen LogP contribution < -0.4 is 23.7 Å². The van der Waals surface area contributed by atoms with E-state index in [0.717, 1.165) is 30.9 Å². The van der Waals surface area contributed by atoms with Gasteiger partial charge in [-0.3, -0.25) is 0 Å². The number of benzene rings is 2. The van der Waals surface area contributed by atoms with Crippen molar-refractivity contribution in [2.24, 2.45) is 0 Å². The molecule has 1 heterocycles. The summed E-state index contributed by atoms with van der Waals surface area (Å²) in [6.07, 6.45) is 2.75. The first-order valence-corrected chi connectivity index (χ1v) is 11.4. The molecule has 1 fully saturated rings. The molecule has 1 aliphatic carbocycles. The van der Waals surface area contributed by atoms with Crippen molar-refractivity contribution in [3.63, 3.8) is 0 Å². The summed E-state index contributed by atoms with van der Waals surface area (Å²) in [6.45, 7) is 0. The van der Waals surface area contributed by atoms with Gasteiger partial charge in [-0.2, -0.15) is 0 Å². The van der Waals surface area contributed by atoms with Gasteiger partial charge in [0, 0.05) is 17.5 Å². The number of aliphatic hydroxyl groups is 1. The molecule has 2 aliphatic rings. The summed E-state index contributed by atoms with van der Waals surface area (Å²) in [5, 5.41) is 20.3. The highest BCUT2D eigenvalue weighted by molar-refractivity contribution is 7.89. The first-order chi connectivity index (χ1) is 15.2. The lowest BCUT2D eigenvalue weighted by Crippen LogP contribution is -2.58. The number of hydrogen-bond acceptors (Lipinski definition) is 8. The minimum atomic E-state index is -4.55. The number of methoxy groups -OCH3 is 2. The number of hydrogen-bond donors (Lipinski definition) is 3. The molecule has 1 aliphatic heterocycles. The molecule has 10 nitrogen and oxygen atoms in total. The van der Waals surface area contributed by atoms with Gasteiger partial charge < -0.3 is 29.2 Å². The number of nitrogens with one attached hydrogen (secondary N) is 1. The van der Waals surface area contributed by atoms with Crippen LogP contribution in [0.2, 0.25) is 0 Å². The van der Waals surface area contributed by atoms with Crippen molar-refractivity contribution < 1.29 is 42.4 Å². The van der Waals surface area contributed by atoms with Gasteiger partial charge in [0.15, 0.2) is 23.0 Å². The van der Waals surface area contributed by atoms with E-state index < -0.39 is 21.9 Å². The summed E-state index contributed by atoms with van der Waals surface area (Å²) in [5.74, 6) is -4.45. The molecule has 3 unspecified atom stereocenters. The van der Waals surface area contributed by atoms with Crippen molar-refractivity contribution in [2.45, 2.75) is 42.1 Å². The molecule has 3 N–H and O–H groups in total. The molecular weight excluding hydrogens is 442 g/mol. The molecule has 0 aromatic heterocycles. The van der Waals surface area contributed by atoms with Gasteiger partial charge >= 0.3 is 11.9 Å². The van der Waals surface area contributed by atoms with E-state index in [1.807, 2.05) is 6.07 Å². The summed E-state index contributed by atoms with van der Waals surface area (Å²) in [7, 11) is -1.84. The van der Waals surface area contributed by atoms with Crippen LogP contribution >= 0.6 is 0 Å². The van der Waals surface area contributed by atoms with Crippen molar-refractivity contribution in [1.29, 1.82) is 0 Å². The topological polar surface area (TPSA) is 141 Å². The third kappa shape index (κ3) is 3.83. The van der Waals surface area contributed by atoms with Gasteiger partial charge in [-0.15, -0.1) is 4.72 Å². The van der Waals surface area contributed by atoms with Crippen LogP contribution in [-0.2, 0) is 14.8 Å². The van der Waals surface area contributed by atoms with Gasteiger partial charge in [0.25, 0.3) is 0 Å². The molecular formula is C21H23NO9S. The van der Waals surface area contributed by atoms with Crippen molar-refractivity contribution in [3.8, 4) is 23.0 Å². The quantitative estimate of drug-likeness (QED) is 0.498. The summed E-state index contributed by atoms with van der Waals surface area (Å²) in [6, 6.07) is 8.56. The van der Waals surface area contributed by atoms with E-state index in [-0.39, 0.29) is 34.2 Å². The van der Waals surface area contributed by atoms with Gasteiger partial charge in [0.1, 0.15) is 6.10 Å². The number of ether oxygens (including phenoxy) is 4. The Bertz CT molecular complexity index is 1150. The standard InChI is InChI=1S/C21H23NO9S/c1-28-16-10-9-12(11-18(16)29-2)32(26,27)22-21(25,20(23)24)31-17-8-4-6-14-13-5-3-7-15(13)30-19(14)17/h4,6,8-11,13,15,22,25H,3,5,7H2,1-2H3,(H,23,24). The maximum Gasteiger partial charge on any atom is 0.395 e. The molecule has 32 heavy (non-hydrogen) atoms. The summed E-state index contributed by atoms with van der Waals surface area (Å²) in [5.41, 5.74) is 0.848. The highest BCUT2D eigenvalue weighted by Gasteiger charge is 2.46. The third-order valence-corrected chi connectivity index (χ3v) is 7.04. The second kappa shape index (κ2) is 8.15. The van der Waals surface area contributed by atoms with Crippen molar-refractivity contribution in [1.82, 2.24) is 4.72 Å². The SMILES string of the molecule is COc1ccc(S(=O)(=O)NC(O)(Oc2cccc3c2OC2CCCC32)C(=O)O)cc1OC. The lowest BCUT2D eigenvalue weighted by molar-refractivity contribution is -0.197. The number of fused-ring (bicyclic) bond motifs is 3. The Kier molecular flexibility index (Phi) is 5.65. The van der Waals surface area contributed by atoms with Crippen molar-refractivity contribution >= 4 is 16.0 Å². The molecule has 0 radical (unpaired) electrons. The smallest absolute Gasteiger partial charge is 0.395 e. The molecule has 0 amide bonds. The number of sulfonamides is 1. The average Bonchev–Trinajstić information content (AvgIpc) is 3.35. The van der Waals surface area contributed by atoms with Gasteiger partial charge in [0.05, 0.1) is 19.1 Å². The number of carboxylic acids is 1. The zero-order chi connectivity index (χ0) is 23.1. The maximum absolute atomic E-state index is 12.9. The molecule has 4 rings (SSSR count). The van der Waals surface area contributed by atoms with Crippen LogP contribution in [0.4, 0.5) is 0 Å². The second-order valence-electron chi connectivity index (χ2n) is 7.54. The Balaban J connectivity index is 1.64. The van der Waals surface area contributed by atoms with Crippen LogP contribution in [0.3, 0.4) is 0 Å². The number of carbonyl (C=O) groups is 1. The molecule has 1 saturated carbocycles. The predicted octanol–water partition coefficient (Wildman–Crippen LogP) is 1.82. The second-order valence-corrected chi connectivity index (χ2v) is 9.22. The highest BCUT2D eigenvalue weighted by Crippen LogP contribution is 2.51. The molecule has 172 valence electrons. The van der Waals surface area contributed by atoms with Crippen LogP contribution in [0.5, 0.6) is 23.0 Å². The van der Waals surface area contributed by atoms with E-state index >= 15 is 0 Å². The van der Waals surface area contributed by atoms with E-state index in [1.54, 1.807) is 10.8 Å². The number of para-hydroxylation sites is 1. The van der Waals surface area contributed by atoms with E-state index in [0.29, 0.717) is 5.75 Å². The molecule has 11 heteroatoms. The summed E-state index contributed by atoms with van der Waals surface area (Å²) < 4.78 is 48.8. The number of aliphatic carboxylic acids is 1. The molecule has 0 bridgehead atoms. The van der Waals surface area contributed by atoms with E-state index in [4.69, 9.17) is 18.9 Å². The average molecular weight is 465 g/mol. The normalized spacial score (nSPS) is 21.1. The van der Waals surface area contributed by atoms with E-state index in [1.165, 1.54) is 32.4 Å². The van der Waals surface area contributed by atoms with Crippen LogP contribution in [0.15, 0.2) is 41.3 Å². The number of carboxylic acid groups (broad SMARTS) is 1. The fraction of sp³-hybridized carbons (Fsp3) is 0.381.